The topological polar surface area (TPSA) is 61.5 Å². The summed E-state index contributed by atoms with van der Waals surface area (Å²) < 4.78 is 33.2. The van der Waals surface area contributed by atoms with Crippen LogP contribution in [0.15, 0.2) is 24.3 Å². The molecule has 0 heterocycles. The number of carbonyl (C=O) groups is 1. The lowest BCUT2D eigenvalue weighted by Gasteiger charge is -2.43. The first-order valence-corrected chi connectivity index (χ1v) is 5.87. The van der Waals surface area contributed by atoms with Gasteiger partial charge in [0.2, 0.25) is 0 Å². The van der Waals surface area contributed by atoms with E-state index in [0.29, 0.717) is 18.4 Å². The average molecular weight is 271 g/mol. The van der Waals surface area contributed by atoms with E-state index in [2.05, 4.69) is 4.74 Å². The number of ether oxygens (including phenoxy) is 2. The molecule has 1 aliphatic carbocycles. The molecule has 2 rings (SSSR count). The van der Waals surface area contributed by atoms with Gasteiger partial charge in [0.1, 0.15) is 5.75 Å². The number of carbonyl (C=O) groups excluding carboxylic acids is 1. The van der Waals surface area contributed by atoms with E-state index < -0.39 is 12.0 Å². The predicted molar refractivity (Wildman–Crippen MR) is 64.0 cm³/mol. The summed E-state index contributed by atoms with van der Waals surface area (Å²) in [6.07, 6.45) is 0.990. The standard InChI is InChI=1S/C13H15F2NO3/c1-18-11(17)13(6-9(16)7-13)8-2-4-10(5-3-8)19-12(14)15/h2-5,9,12H,6-7,16H2,1H3. The molecule has 104 valence electrons. The van der Waals surface area contributed by atoms with E-state index in [4.69, 9.17) is 10.5 Å². The van der Waals surface area contributed by atoms with Crippen LogP contribution >= 0.6 is 0 Å². The third kappa shape index (κ3) is 2.53. The van der Waals surface area contributed by atoms with Crippen molar-refractivity contribution in [2.45, 2.75) is 30.9 Å². The quantitative estimate of drug-likeness (QED) is 0.848. The van der Waals surface area contributed by atoms with Crippen molar-refractivity contribution in [3.63, 3.8) is 0 Å². The van der Waals surface area contributed by atoms with Crippen LogP contribution in [0.3, 0.4) is 0 Å². The minimum Gasteiger partial charge on any atom is -0.468 e. The lowest BCUT2D eigenvalue weighted by atomic mass is 9.62. The highest BCUT2D eigenvalue weighted by atomic mass is 19.3. The molecule has 0 radical (unpaired) electrons. The number of esters is 1. The first kappa shape index (κ1) is 13.7. The van der Waals surface area contributed by atoms with E-state index in [1.165, 1.54) is 19.2 Å². The second-order valence-corrected chi connectivity index (χ2v) is 4.64. The molecular formula is C13H15F2NO3. The van der Waals surface area contributed by atoms with E-state index in [1.807, 2.05) is 0 Å². The summed E-state index contributed by atoms with van der Waals surface area (Å²) in [6, 6.07) is 5.98. The summed E-state index contributed by atoms with van der Waals surface area (Å²) in [6.45, 7) is -2.86. The average Bonchev–Trinajstić information content (AvgIpc) is 2.34. The maximum atomic E-state index is 12.1. The van der Waals surface area contributed by atoms with Gasteiger partial charge in [0.15, 0.2) is 0 Å². The number of rotatable bonds is 4. The number of methoxy groups -OCH3 is 1. The number of alkyl halides is 2. The Morgan fingerprint density at radius 3 is 2.37 bits per heavy atom. The van der Waals surface area contributed by atoms with Gasteiger partial charge in [-0.05, 0) is 30.5 Å². The molecule has 19 heavy (non-hydrogen) atoms. The Morgan fingerprint density at radius 1 is 1.37 bits per heavy atom. The maximum Gasteiger partial charge on any atom is 0.387 e. The maximum absolute atomic E-state index is 12.1. The summed E-state index contributed by atoms with van der Waals surface area (Å²) in [5, 5.41) is 0. The van der Waals surface area contributed by atoms with Gasteiger partial charge < -0.3 is 15.2 Å². The summed E-state index contributed by atoms with van der Waals surface area (Å²) in [5.41, 5.74) is 5.71. The van der Waals surface area contributed by atoms with Gasteiger partial charge in [-0.15, -0.1) is 0 Å². The van der Waals surface area contributed by atoms with Gasteiger partial charge in [-0.2, -0.15) is 8.78 Å². The van der Waals surface area contributed by atoms with Gasteiger partial charge in [-0.1, -0.05) is 12.1 Å². The zero-order valence-electron chi connectivity index (χ0n) is 10.4. The molecule has 1 fully saturated rings. The molecule has 0 spiro atoms. The molecule has 6 heteroatoms. The SMILES string of the molecule is COC(=O)C1(c2ccc(OC(F)F)cc2)CC(N)C1. The molecule has 0 unspecified atom stereocenters. The Morgan fingerprint density at radius 2 is 1.95 bits per heavy atom. The molecule has 0 atom stereocenters. The third-order valence-electron chi connectivity index (χ3n) is 3.43. The van der Waals surface area contributed by atoms with E-state index in [9.17, 15) is 13.6 Å². The van der Waals surface area contributed by atoms with Crippen molar-refractivity contribution in [3.05, 3.63) is 29.8 Å². The van der Waals surface area contributed by atoms with Crippen LogP contribution in [-0.2, 0) is 14.9 Å². The van der Waals surface area contributed by atoms with Crippen molar-refractivity contribution in [2.75, 3.05) is 7.11 Å². The largest absolute Gasteiger partial charge is 0.468 e. The van der Waals surface area contributed by atoms with Gasteiger partial charge in [0, 0.05) is 6.04 Å². The Hall–Kier alpha value is -1.69. The lowest BCUT2D eigenvalue weighted by molar-refractivity contribution is -0.152. The Labute approximate surface area is 109 Å². The first-order valence-electron chi connectivity index (χ1n) is 5.87. The lowest BCUT2D eigenvalue weighted by Crippen LogP contribution is -2.54. The van der Waals surface area contributed by atoms with Gasteiger partial charge >= 0.3 is 12.6 Å². The van der Waals surface area contributed by atoms with Crippen molar-refractivity contribution in [2.24, 2.45) is 5.73 Å². The predicted octanol–water partition coefficient (Wildman–Crippen LogP) is 1.82. The number of hydrogen-bond donors (Lipinski definition) is 1. The zero-order valence-corrected chi connectivity index (χ0v) is 10.4. The molecule has 1 saturated carbocycles. The second kappa shape index (κ2) is 5.13. The minimum absolute atomic E-state index is 0.0453. The fourth-order valence-corrected chi connectivity index (χ4v) is 2.51. The van der Waals surface area contributed by atoms with Crippen LogP contribution < -0.4 is 10.5 Å². The molecule has 0 aliphatic heterocycles. The molecule has 4 nitrogen and oxygen atoms in total. The highest BCUT2D eigenvalue weighted by Crippen LogP contribution is 2.44. The number of hydrogen-bond acceptors (Lipinski definition) is 4. The van der Waals surface area contributed by atoms with Crippen LogP contribution in [0.4, 0.5) is 8.78 Å². The van der Waals surface area contributed by atoms with Gasteiger partial charge in [-0.3, -0.25) is 4.79 Å². The van der Waals surface area contributed by atoms with Crippen LogP contribution in [0.25, 0.3) is 0 Å². The number of halogens is 2. The summed E-state index contributed by atoms with van der Waals surface area (Å²) in [5.74, 6) is -0.292. The van der Waals surface area contributed by atoms with Crippen LogP contribution in [0.1, 0.15) is 18.4 Å². The highest BCUT2D eigenvalue weighted by Gasteiger charge is 2.51. The minimum atomic E-state index is -2.86. The van der Waals surface area contributed by atoms with Gasteiger partial charge in [0.05, 0.1) is 12.5 Å². The van der Waals surface area contributed by atoms with Crippen LogP contribution in [-0.4, -0.2) is 25.7 Å². The molecule has 1 aromatic carbocycles. The van der Waals surface area contributed by atoms with Crippen molar-refractivity contribution in [1.29, 1.82) is 0 Å². The van der Waals surface area contributed by atoms with Gasteiger partial charge in [0.25, 0.3) is 0 Å². The molecule has 1 aliphatic rings. The van der Waals surface area contributed by atoms with Crippen molar-refractivity contribution in [1.82, 2.24) is 0 Å². The fourth-order valence-electron chi connectivity index (χ4n) is 2.51. The van der Waals surface area contributed by atoms with E-state index >= 15 is 0 Å². The third-order valence-corrected chi connectivity index (χ3v) is 3.43. The van der Waals surface area contributed by atoms with Crippen molar-refractivity contribution >= 4 is 5.97 Å². The van der Waals surface area contributed by atoms with E-state index in [-0.39, 0.29) is 17.8 Å². The van der Waals surface area contributed by atoms with Crippen molar-refractivity contribution < 1.29 is 23.0 Å². The molecular weight excluding hydrogens is 256 g/mol. The fraction of sp³-hybridized carbons (Fsp3) is 0.462. The molecule has 1 aromatic rings. The summed E-state index contributed by atoms with van der Waals surface area (Å²) >= 11 is 0. The number of benzene rings is 1. The Bertz CT molecular complexity index is 455. The number of nitrogens with two attached hydrogens (primary N) is 1. The Balaban J connectivity index is 2.22. The smallest absolute Gasteiger partial charge is 0.387 e. The van der Waals surface area contributed by atoms with E-state index in [1.54, 1.807) is 12.1 Å². The van der Waals surface area contributed by atoms with Crippen LogP contribution in [0, 0.1) is 0 Å². The monoisotopic (exact) mass is 271 g/mol. The normalized spacial score (nSPS) is 25.8. The second-order valence-electron chi connectivity index (χ2n) is 4.64. The molecule has 0 bridgehead atoms. The van der Waals surface area contributed by atoms with Gasteiger partial charge in [-0.25, -0.2) is 0 Å². The van der Waals surface area contributed by atoms with E-state index in [0.717, 1.165) is 0 Å². The van der Waals surface area contributed by atoms with Crippen molar-refractivity contribution in [3.8, 4) is 5.75 Å². The Kier molecular flexibility index (Phi) is 3.71. The first-order chi connectivity index (χ1) is 8.98. The summed E-state index contributed by atoms with van der Waals surface area (Å²) in [4.78, 5) is 11.9. The molecule has 2 N–H and O–H groups in total. The van der Waals surface area contributed by atoms with Crippen LogP contribution in [0.2, 0.25) is 0 Å². The van der Waals surface area contributed by atoms with Crippen LogP contribution in [0.5, 0.6) is 5.75 Å². The molecule has 0 amide bonds. The molecule has 0 saturated heterocycles. The highest BCUT2D eigenvalue weighted by molar-refractivity contribution is 5.84. The summed E-state index contributed by atoms with van der Waals surface area (Å²) in [7, 11) is 1.32. The molecule has 0 aromatic heterocycles. The zero-order chi connectivity index (χ0) is 14.0.